The molecule has 0 saturated carbocycles. The molecule has 156 valence electrons. The lowest BCUT2D eigenvalue weighted by atomic mass is 10.1. The molecule has 1 aromatic carbocycles. The van der Waals surface area contributed by atoms with Crippen molar-refractivity contribution in [1.29, 1.82) is 0 Å². The van der Waals surface area contributed by atoms with Crippen LogP contribution in [0.25, 0.3) is 0 Å². The Kier molecular flexibility index (Phi) is 8.54. The van der Waals surface area contributed by atoms with E-state index in [1.807, 2.05) is 7.05 Å². The van der Waals surface area contributed by atoms with Crippen molar-refractivity contribution < 1.29 is 4.74 Å². The van der Waals surface area contributed by atoms with Crippen molar-refractivity contribution in [1.82, 2.24) is 25.3 Å². The summed E-state index contributed by atoms with van der Waals surface area (Å²) in [5, 5.41) is 6.81. The highest BCUT2D eigenvalue weighted by Crippen LogP contribution is 2.09. The lowest BCUT2D eigenvalue weighted by Crippen LogP contribution is -2.44. The molecule has 2 N–H and O–H groups in total. The fourth-order valence-corrected chi connectivity index (χ4v) is 3.59. The monoisotopic (exact) mass is 388 g/mol. The van der Waals surface area contributed by atoms with E-state index in [1.165, 1.54) is 24.2 Å². The molecule has 2 saturated heterocycles. The molecule has 0 amide bonds. The predicted octanol–water partition coefficient (Wildman–Crippen LogP) is 0.431. The second-order valence-electron chi connectivity index (χ2n) is 7.70. The summed E-state index contributed by atoms with van der Waals surface area (Å²) in [6.45, 7) is 12.1. The third-order valence-electron chi connectivity index (χ3n) is 5.53. The summed E-state index contributed by atoms with van der Waals surface area (Å²) < 4.78 is 5.39. The number of ether oxygens (including phenoxy) is 1. The molecule has 2 aliphatic heterocycles. The molecule has 2 aliphatic rings. The first-order valence-electron chi connectivity index (χ1n) is 10.5. The van der Waals surface area contributed by atoms with Crippen LogP contribution in [0.4, 0.5) is 0 Å². The normalized spacial score (nSPS) is 20.3. The first kappa shape index (κ1) is 21.0. The van der Waals surface area contributed by atoms with Gasteiger partial charge in [0.15, 0.2) is 5.96 Å². The summed E-state index contributed by atoms with van der Waals surface area (Å²) >= 11 is 0. The Hall–Kier alpha value is -1.67. The van der Waals surface area contributed by atoms with Crippen molar-refractivity contribution in [3.8, 4) is 0 Å². The second-order valence-corrected chi connectivity index (χ2v) is 7.70. The zero-order chi connectivity index (χ0) is 19.6. The molecule has 0 spiro atoms. The highest BCUT2D eigenvalue weighted by Gasteiger charge is 2.13. The number of aliphatic imine (C=N–C) groups is 1. The van der Waals surface area contributed by atoms with Gasteiger partial charge < -0.3 is 20.3 Å². The maximum absolute atomic E-state index is 5.39. The van der Waals surface area contributed by atoms with Gasteiger partial charge >= 0.3 is 0 Å². The molecule has 7 nitrogen and oxygen atoms in total. The van der Waals surface area contributed by atoms with Crippen LogP contribution in [0, 0.1) is 0 Å². The van der Waals surface area contributed by atoms with E-state index < -0.39 is 0 Å². The topological polar surface area (TPSA) is 55.4 Å². The Labute approximate surface area is 169 Å². The minimum atomic E-state index is 0.784. The average Bonchev–Trinajstić information content (AvgIpc) is 2.74. The maximum atomic E-state index is 5.39. The average molecular weight is 389 g/mol. The van der Waals surface area contributed by atoms with E-state index in [0.717, 1.165) is 71.5 Å². The van der Waals surface area contributed by atoms with E-state index in [4.69, 9.17) is 4.74 Å². The zero-order valence-corrected chi connectivity index (χ0v) is 17.5. The number of morpholine rings is 1. The number of hydrogen-bond donors (Lipinski definition) is 2. The zero-order valence-electron chi connectivity index (χ0n) is 17.5. The van der Waals surface area contributed by atoms with Crippen LogP contribution >= 0.6 is 0 Å². The first-order chi connectivity index (χ1) is 13.7. The SMILES string of the molecule is CN=C(NCCN1CCOCC1)NCc1ccc(CN2CCN(C)CC2)cc1. The lowest BCUT2D eigenvalue weighted by molar-refractivity contribution is 0.0389. The predicted molar refractivity (Wildman–Crippen MR) is 115 cm³/mol. The largest absolute Gasteiger partial charge is 0.379 e. The quantitative estimate of drug-likeness (QED) is 0.522. The molecule has 2 heterocycles. The fraction of sp³-hybridized carbons (Fsp3) is 0.667. The highest BCUT2D eigenvalue weighted by molar-refractivity contribution is 5.79. The maximum Gasteiger partial charge on any atom is 0.191 e. The smallest absolute Gasteiger partial charge is 0.191 e. The third kappa shape index (κ3) is 7.05. The van der Waals surface area contributed by atoms with Gasteiger partial charge in [-0.05, 0) is 18.2 Å². The van der Waals surface area contributed by atoms with Gasteiger partial charge in [-0.3, -0.25) is 14.8 Å². The van der Waals surface area contributed by atoms with Gasteiger partial charge in [-0.2, -0.15) is 0 Å². The second kappa shape index (κ2) is 11.4. The summed E-state index contributed by atoms with van der Waals surface area (Å²) in [6.07, 6.45) is 0. The molecule has 7 heteroatoms. The number of guanidine groups is 1. The van der Waals surface area contributed by atoms with E-state index >= 15 is 0 Å². The summed E-state index contributed by atoms with van der Waals surface area (Å²) in [6, 6.07) is 8.95. The van der Waals surface area contributed by atoms with E-state index in [1.54, 1.807) is 0 Å². The molecule has 28 heavy (non-hydrogen) atoms. The van der Waals surface area contributed by atoms with Gasteiger partial charge in [0.05, 0.1) is 13.2 Å². The van der Waals surface area contributed by atoms with Crippen LogP contribution in [0.1, 0.15) is 11.1 Å². The molecule has 0 aliphatic carbocycles. The van der Waals surface area contributed by atoms with Gasteiger partial charge in [-0.25, -0.2) is 0 Å². The van der Waals surface area contributed by atoms with Crippen molar-refractivity contribution >= 4 is 5.96 Å². The number of rotatable bonds is 7. The number of nitrogens with one attached hydrogen (secondary N) is 2. The summed E-state index contributed by atoms with van der Waals surface area (Å²) in [4.78, 5) is 11.7. The van der Waals surface area contributed by atoms with Crippen LogP contribution in [-0.2, 0) is 17.8 Å². The van der Waals surface area contributed by atoms with Crippen LogP contribution in [-0.4, -0.2) is 100 Å². The number of likely N-dealkylation sites (N-methyl/N-ethyl adjacent to an activating group) is 1. The third-order valence-corrected chi connectivity index (χ3v) is 5.53. The van der Waals surface area contributed by atoms with Crippen molar-refractivity contribution in [3.05, 3.63) is 35.4 Å². The first-order valence-corrected chi connectivity index (χ1v) is 10.5. The Balaban J connectivity index is 1.35. The van der Waals surface area contributed by atoms with E-state index in [2.05, 4.69) is 61.6 Å². The van der Waals surface area contributed by atoms with E-state index in [-0.39, 0.29) is 0 Å². The van der Waals surface area contributed by atoms with Gasteiger partial charge in [0, 0.05) is 72.5 Å². The van der Waals surface area contributed by atoms with Crippen LogP contribution in [0.2, 0.25) is 0 Å². The molecule has 0 atom stereocenters. The van der Waals surface area contributed by atoms with Crippen molar-refractivity contribution in [2.24, 2.45) is 4.99 Å². The summed E-state index contributed by atoms with van der Waals surface area (Å²) in [7, 11) is 4.02. The van der Waals surface area contributed by atoms with Crippen molar-refractivity contribution in [2.45, 2.75) is 13.1 Å². The molecule has 0 bridgehead atoms. The van der Waals surface area contributed by atoms with E-state index in [9.17, 15) is 0 Å². The Morgan fingerprint density at radius 3 is 2.29 bits per heavy atom. The number of piperazine rings is 1. The van der Waals surface area contributed by atoms with E-state index in [0.29, 0.717) is 0 Å². The molecule has 3 rings (SSSR count). The number of hydrogen-bond acceptors (Lipinski definition) is 5. The van der Waals surface area contributed by atoms with Crippen molar-refractivity contribution in [2.75, 3.05) is 79.7 Å². The Morgan fingerprint density at radius 2 is 1.61 bits per heavy atom. The van der Waals surface area contributed by atoms with Crippen molar-refractivity contribution in [3.63, 3.8) is 0 Å². The Bertz CT molecular complexity index is 591. The molecule has 1 aromatic rings. The van der Waals surface area contributed by atoms with Crippen LogP contribution < -0.4 is 10.6 Å². The van der Waals surface area contributed by atoms with Crippen LogP contribution in [0.5, 0.6) is 0 Å². The van der Waals surface area contributed by atoms with Gasteiger partial charge in [0.2, 0.25) is 0 Å². The summed E-state index contributed by atoms with van der Waals surface area (Å²) in [5.74, 6) is 0.856. The van der Waals surface area contributed by atoms with Crippen LogP contribution in [0.3, 0.4) is 0 Å². The highest BCUT2D eigenvalue weighted by atomic mass is 16.5. The van der Waals surface area contributed by atoms with Crippen LogP contribution in [0.15, 0.2) is 29.3 Å². The van der Waals surface area contributed by atoms with Gasteiger partial charge in [0.1, 0.15) is 0 Å². The number of nitrogens with zero attached hydrogens (tertiary/aromatic N) is 4. The Morgan fingerprint density at radius 1 is 0.929 bits per heavy atom. The van der Waals surface area contributed by atoms with Gasteiger partial charge in [-0.1, -0.05) is 24.3 Å². The minimum Gasteiger partial charge on any atom is -0.379 e. The van der Waals surface area contributed by atoms with Gasteiger partial charge in [0.25, 0.3) is 0 Å². The molecule has 0 aromatic heterocycles. The summed E-state index contributed by atoms with van der Waals surface area (Å²) in [5.41, 5.74) is 2.67. The standard InChI is InChI=1S/C21H36N6O/c1-22-21(23-7-8-26-13-15-28-16-14-26)24-17-19-3-5-20(6-4-19)18-27-11-9-25(2)10-12-27/h3-6H,7-18H2,1-2H3,(H2,22,23,24). The lowest BCUT2D eigenvalue weighted by Gasteiger charge is -2.32. The molecular formula is C21H36N6O. The molecule has 0 radical (unpaired) electrons. The fourth-order valence-electron chi connectivity index (χ4n) is 3.59. The van der Waals surface area contributed by atoms with Gasteiger partial charge in [-0.15, -0.1) is 0 Å². The molecular weight excluding hydrogens is 352 g/mol. The molecule has 0 unspecified atom stereocenters. The number of benzene rings is 1. The minimum absolute atomic E-state index is 0.784. The molecule has 2 fully saturated rings.